The van der Waals surface area contributed by atoms with E-state index in [0.717, 1.165) is 17.9 Å². The third kappa shape index (κ3) is 4.28. The van der Waals surface area contributed by atoms with Crippen molar-refractivity contribution in [3.8, 4) is 0 Å². The Labute approximate surface area is 167 Å². The Kier molecular flexibility index (Phi) is 6.20. The molecule has 1 N–H and O–H groups in total. The minimum Gasteiger partial charge on any atom is -0.337 e. The summed E-state index contributed by atoms with van der Waals surface area (Å²) in [5, 5.41) is 2.73. The van der Waals surface area contributed by atoms with Crippen LogP contribution in [0.3, 0.4) is 0 Å². The van der Waals surface area contributed by atoms with Crippen LogP contribution in [-0.4, -0.2) is 39.7 Å². The molecule has 9 heteroatoms. The third-order valence-electron chi connectivity index (χ3n) is 4.39. The number of hydrogen-bond acceptors (Lipinski definition) is 5. The Morgan fingerprint density at radius 2 is 2.00 bits per heavy atom. The van der Waals surface area contributed by atoms with Gasteiger partial charge < -0.3 is 4.57 Å². The van der Waals surface area contributed by atoms with Crippen molar-refractivity contribution >= 4 is 40.8 Å². The van der Waals surface area contributed by atoms with Gasteiger partial charge in [-0.25, -0.2) is 14.7 Å². The highest BCUT2D eigenvalue weighted by Crippen LogP contribution is 2.24. The van der Waals surface area contributed by atoms with Crippen LogP contribution in [0.1, 0.15) is 19.8 Å². The first kappa shape index (κ1) is 19.8. The number of aryl methyl sites for hydroxylation is 1. The molecular formula is C19H20ClN5O3. The number of anilines is 1. The first-order chi connectivity index (χ1) is 13.5. The van der Waals surface area contributed by atoms with Crippen molar-refractivity contribution in [2.45, 2.75) is 26.3 Å². The SMILES string of the molecule is CCC(=NCCCn1ccnc1)C1C(=O)NC(=O)N(c2ccc(Cl)cc2)C1=O. The molecule has 1 aliphatic heterocycles. The number of benzene rings is 1. The number of imide groups is 2. The van der Waals surface area contributed by atoms with Gasteiger partial charge >= 0.3 is 6.03 Å². The lowest BCUT2D eigenvalue weighted by Gasteiger charge is -2.30. The van der Waals surface area contributed by atoms with Crippen LogP contribution in [0.25, 0.3) is 0 Å². The summed E-state index contributed by atoms with van der Waals surface area (Å²) in [6.45, 7) is 3.03. The molecule has 1 aliphatic rings. The number of aromatic nitrogens is 2. The number of imidazole rings is 1. The van der Waals surface area contributed by atoms with Gasteiger partial charge in [-0.05, 0) is 37.1 Å². The zero-order valence-electron chi connectivity index (χ0n) is 15.3. The molecule has 0 aliphatic carbocycles. The van der Waals surface area contributed by atoms with Crippen molar-refractivity contribution in [1.82, 2.24) is 14.9 Å². The number of carbonyl (C=O) groups is 3. The molecule has 146 valence electrons. The first-order valence-electron chi connectivity index (χ1n) is 8.94. The van der Waals surface area contributed by atoms with Crippen LogP contribution in [0, 0.1) is 5.92 Å². The average Bonchev–Trinajstić information content (AvgIpc) is 3.18. The lowest BCUT2D eigenvalue weighted by Crippen LogP contribution is -2.60. The average molecular weight is 402 g/mol. The summed E-state index contributed by atoms with van der Waals surface area (Å²) in [5.41, 5.74) is 0.805. The second-order valence-electron chi connectivity index (χ2n) is 6.26. The van der Waals surface area contributed by atoms with Gasteiger partial charge in [-0.2, -0.15) is 0 Å². The normalized spacial score (nSPS) is 17.8. The Hall–Kier alpha value is -3.00. The Balaban J connectivity index is 1.76. The van der Waals surface area contributed by atoms with E-state index in [9.17, 15) is 14.4 Å². The number of nitrogens with one attached hydrogen (secondary N) is 1. The maximum absolute atomic E-state index is 13.0. The van der Waals surface area contributed by atoms with Crippen molar-refractivity contribution in [3.05, 3.63) is 48.0 Å². The van der Waals surface area contributed by atoms with Crippen LogP contribution in [0.15, 0.2) is 48.0 Å². The minimum atomic E-state index is -1.12. The van der Waals surface area contributed by atoms with Gasteiger partial charge in [-0.15, -0.1) is 0 Å². The third-order valence-corrected chi connectivity index (χ3v) is 4.64. The molecule has 0 bridgehead atoms. The van der Waals surface area contributed by atoms with Gasteiger partial charge in [0.05, 0.1) is 12.0 Å². The fourth-order valence-electron chi connectivity index (χ4n) is 3.01. The van der Waals surface area contributed by atoms with E-state index in [1.807, 2.05) is 17.7 Å². The molecule has 0 spiro atoms. The molecule has 1 saturated heterocycles. The van der Waals surface area contributed by atoms with Gasteiger partial charge in [-0.3, -0.25) is 19.9 Å². The van der Waals surface area contributed by atoms with Crippen LogP contribution in [-0.2, 0) is 16.1 Å². The number of amides is 4. The van der Waals surface area contributed by atoms with Gasteiger partial charge in [0.2, 0.25) is 5.91 Å². The number of aliphatic imine (C=N–C) groups is 1. The van der Waals surface area contributed by atoms with E-state index in [0.29, 0.717) is 29.4 Å². The standard InChI is InChI=1S/C19H20ClN5O3/c1-2-15(22-8-3-10-24-11-9-21-12-24)16-17(26)23-19(28)25(18(16)27)14-6-4-13(20)5-7-14/h4-7,9,11-12,16H,2-3,8,10H2,1H3,(H,23,26,28). The van der Waals surface area contributed by atoms with Gasteiger partial charge in [0.15, 0.2) is 5.92 Å². The molecule has 1 aromatic heterocycles. The van der Waals surface area contributed by atoms with E-state index in [1.54, 1.807) is 36.8 Å². The van der Waals surface area contributed by atoms with Crippen LogP contribution in [0.2, 0.25) is 5.02 Å². The second-order valence-corrected chi connectivity index (χ2v) is 6.69. The molecule has 3 rings (SSSR count). The number of hydrogen-bond donors (Lipinski definition) is 1. The molecule has 2 heterocycles. The predicted octanol–water partition coefficient (Wildman–Crippen LogP) is 2.68. The number of carbonyl (C=O) groups excluding carboxylic acids is 3. The number of rotatable bonds is 7. The molecule has 8 nitrogen and oxygen atoms in total. The summed E-state index contributed by atoms with van der Waals surface area (Å²) in [4.78, 5) is 47.0. The van der Waals surface area contributed by atoms with Gasteiger partial charge in [-0.1, -0.05) is 18.5 Å². The summed E-state index contributed by atoms with van der Waals surface area (Å²) < 4.78 is 1.93. The van der Waals surface area contributed by atoms with Crippen LogP contribution < -0.4 is 10.2 Å². The molecule has 2 aromatic rings. The largest absolute Gasteiger partial charge is 0.337 e. The van der Waals surface area contributed by atoms with Gasteiger partial charge in [0.25, 0.3) is 5.91 Å². The van der Waals surface area contributed by atoms with E-state index in [2.05, 4.69) is 15.3 Å². The zero-order chi connectivity index (χ0) is 20.1. The Morgan fingerprint density at radius 1 is 1.25 bits per heavy atom. The fourth-order valence-corrected chi connectivity index (χ4v) is 3.13. The second kappa shape index (κ2) is 8.79. The number of barbiturate groups is 1. The van der Waals surface area contributed by atoms with E-state index in [1.165, 1.54) is 0 Å². The van der Waals surface area contributed by atoms with Crippen LogP contribution in [0.4, 0.5) is 10.5 Å². The molecule has 1 fully saturated rings. The summed E-state index contributed by atoms with van der Waals surface area (Å²) >= 11 is 5.87. The summed E-state index contributed by atoms with van der Waals surface area (Å²) in [6, 6.07) is 5.49. The molecule has 4 amide bonds. The molecule has 28 heavy (non-hydrogen) atoms. The van der Waals surface area contributed by atoms with Crippen LogP contribution >= 0.6 is 11.6 Å². The minimum absolute atomic E-state index is 0.347. The summed E-state index contributed by atoms with van der Waals surface area (Å²) in [5.74, 6) is -2.37. The highest BCUT2D eigenvalue weighted by Gasteiger charge is 2.43. The summed E-state index contributed by atoms with van der Waals surface area (Å²) in [7, 11) is 0. The van der Waals surface area contributed by atoms with E-state index >= 15 is 0 Å². The highest BCUT2D eigenvalue weighted by atomic mass is 35.5. The van der Waals surface area contributed by atoms with Crippen molar-refractivity contribution in [2.24, 2.45) is 10.9 Å². The fraction of sp³-hybridized carbons (Fsp3) is 0.316. The van der Waals surface area contributed by atoms with Gasteiger partial charge in [0, 0.05) is 36.2 Å². The maximum Gasteiger partial charge on any atom is 0.335 e. The van der Waals surface area contributed by atoms with Crippen LogP contribution in [0.5, 0.6) is 0 Å². The number of nitrogens with zero attached hydrogens (tertiary/aromatic N) is 4. The predicted molar refractivity (Wildman–Crippen MR) is 105 cm³/mol. The molecular weight excluding hydrogens is 382 g/mol. The van der Waals surface area contributed by atoms with E-state index < -0.39 is 23.8 Å². The van der Waals surface area contributed by atoms with Crippen molar-refractivity contribution < 1.29 is 14.4 Å². The van der Waals surface area contributed by atoms with Crippen molar-refractivity contribution in [3.63, 3.8) is 0 Å². The quantitative estimate of drug-likeness (QED) is 0.438. The molecule has 0 radical (unpaired) electrons. The first-order valence-corrected chi connectivity index (χ1v) is 9.32. The van der Waals surface area contributed by atoms with Crippen molar-refractivity contribution in [2.75, 3.05) is 11.4 Å². The van der Waals surface area contributed by atoms with Crippen molar-refractivity contribution in [1.29, 1.82) is 0 Å². The smallest absolute Gasteiger partial charge is 0.335 e. The molecule has 0 saturated carbocycles. The topological polar surface area (TPSA) is 96.7 Å². The Bertz CT molecular complexity index is 893. The monoisotopic (exact) mass is 401 g/mol. The van der Waals surface area contributed by atoms with E-state index in [4.69, 9.17) is 11.6 Å². The highest BCUT2D eigenvalue weighted by molar-refractivity contribution is 6.35. The van der Waals surface area contributed by atoms with Gasteiger partial charge in [0.1, 0.15) is 0 Å². The molecule has 1 atom stereocenters. The molecule has 1 unspecified atom stereocenters. The summed E-state index contributed by atoms with van der Waals surface area (Å²) in [6.07, 6.45) is 6.45. The number of halogens is 1. The number of urea groups is 1. The zero-order valence-corrected chi connectivity index (χ0v) is 16.1. The lowest BCUT2D eigenvalue weighted by molar-refractivity contribution is -0.131. The Morgan fingerprint density at radius 3 is 2.64 bits per heavy atom. The lowest BCUT2D eigenvalue weighted by atomic mass is 9.96. The maximum atomic E-state index is 13.0. The van der Waals surface area contributed by atoms with E-state index in [-0.39, 0.29) is 0 Å². The molecule has 1 aromatic carbocycles.